The first-order chi connectivity index (χ1) is 10.1. The Morgan fingerprint density at radius 3 is 2.55 bits per heavy atom. The minimum Gasteiger partial charge on any atom is -0.454 e. The summed E-state index contributed by atoms with van der Waals surface area (Å²) in [5.74, 6) is -1.83. The molecule has 0 saturated carbocycles. The molecule has 3 saturated heterocycles. The molecular weight excluding hydrogens is 292 g/mol. The zero-order valence-electron chi connectivity index (χ0n) is 13.5. The number of hydrogen-bond donors (Lipinski definition) is 0. The minimum atomic E-state index is -1.07. The van der Waals surface area contributed by atoms with Crippen molar-refractivity contribution in [1.29, 1.82) is 0 Å². The van der Waals surface area contributed by atoms with E-state index in [0.29, 0.717) is 6.42 Å². The Labute approximate surface area is 129 Å². The molecule has 124 valence electrons. The largest absolute Gasteiger partial charge is 0.454 e. The van der Waals surface area contributed by atoms with Crippen molar-refractivity contribution in [3.05, 3.63) is 0 Å². The highest BCUT2D eigenvalue weighted by molar-refractivity contribution is 5.84. The Morgan fingerprint density at radius 2 is 1.91 bits per heavy atom. The number of carbonyl (C=O) groups is 2. The van der Waals surface area contributed by atoms with Crippen molar-refractivity contribution in [2.45, 2.75) is 77.5 Å². The summed E-state index contributed by atoms with van der Waals surface area (Å²) in [5.41, 5.74) is -0.665. The highest BCUT2D eigenvalue weighted by atomic mass is 16.8. The van der Waals surface area contributed by atoms with Crippen LogP contribution in [0, 0.1) is 5.41 Å². The van der Waals surface area contributed by atoms with Crippen LogP contribution in [0.15, 0.2) is 0 Å². The van der Waals surface area contributed by atoms with E-state index < -0.39 is 53.8 Å². The molecule has 3 heterocycles. The normalized spacial score (nSPS) is 39.3. The Kier molecular flexibility index (Phi) is 3.50. The van der Waals surface area contributed by atoms with Crippen LogP contribution in [0.4, 0.5) is 0 Å². The first kappa shape index (κ1) is 15.7. The fourth-order valence-electron chi connectivity index (χ4n) is 2.75. The summed E-state index contributed by atoms with van der Waals surface area (Å²) in [6, 6.07) is 0. The lowest BCUT2D eigenvalue weighted by Gasteiger charge is -2.24. The predicted octanol–water partition coefficient (Wildman–Crippen LogP) is 1.14. The molecule has 0 amide bonds. The van der Waals surface area contributed by atoms with Gasteiger partial charge in [-0.15, -0.1) is 0 Å². The second kappa shape index (κ2) is 4.91. The Morgan fingerprint density at radius 1 is 1.23 bits per heavy atom. The van der Waals surface area contributed by atoms with Crippen molar-refractivity contribution in [1.82, 2.24) is 0 Å². The molecule has 0 radical (unpaired) electrons. The first-order valence-corrected chi connectivity index (χ1v) is 7.57. The molecule has 3 aliphatic heterocycles. The van der Waals surface area contributed by atoms with E-state index in [0.717, 1.165) is 0 Å². The summed E-state index contributed by atoms with van der Waals surface area (Å²) in [6.45, 7) is 8.96. The Balaban J connectivity index is 1.72. The summed E-state index contributed by atoms with van der Waals surface area (Å²) in [4.78, 5) is 24.2. The number of carbonyl (C=O) groups excluding carboxylic acids is 2. The van der Waals surface area contributed by atoms with E-state index in [2.05, 4.69) is 0 Å². The SMILES string of the molecule is CCC(C)(C)C(=O)O[C@@H]1C(=O)O[C@@H]2C3OC(C)(C)OC3O[C@H]12. The van der Waals surface area contributed by atoms with Gasteiger partial charge >= 0.3 is 11.9 Å². The van der Waals surface area contributed by atoms with Gasteiger partial charge < -0.3 is 23.7 Å². The average Bonchev–Trinajstić information content (AvgIpc) is 2.98. The average molecular weight is 314 g/mol. The molecule has 3 rings (SSSR count). The minimum absolute atomic E-state index is 0.444. The number of fused-ring (bicyclic) bond motifs is 3. The van der Waals surface area contributed by atoms with Crippen molar-refractivity contribution in [2.75, 3.05) is 0 Å². The van der Waals surface area contributed by atoms with Crippen LogP contribution >= 0.6 is 0 Å². The van der Waals surface area contributed by atoms with E-state index in [1.54, 1.807) is 27.7 Å². The highest BCUT2D eigenvalue weighted by Gasteiger charge is 2.64. The van der Waals surface area contributed by atoms with Crippen molar-refractivity contribution >= 4 is 11.9 Å². The van der Waals surface area contributed by atoms with E-state index in [4.69, 9.17) is 23.7 Å². The molecule has 0 aromatic carbocycles. The Hall–Kier alpha value is -1.18. The summed E-state index contributed by atoms with van der Waals surface area (Å²) < 4.78 is 27.7. The van der Waals surface area contributed by atoms with Gasteiger partial charge in [0.25, 0.3) is 0 Å². The van der Waals surface area contributed by atoms with Gasteiger partial charge in [0.15, 0.2) is 24.3 Å². The molecule has 0 spiro atoms. The van der Waals surface area contributed by atoms with Gasteiger partial charge in [0.1, 0.15) is 6.10 Å². The third kappa shape index (κ3) is 2.41. The lowest BCUT2D eigenvalue weighted by Crippen LogP contribution is -2.40. The molecular formula is C15H22O7. The molecule has 7 heteroatoms. The molecule has 3 fully saturated rings. The lowest BCUT2D eigenvalue weighted by molar-refractivity contribution is -0.217. The van der Waals surface area contributed by atoms with Crippen LogP contribution in [0.3, 0.4) is 0 Å². The van der Waals surface area contributed by atoms with Crippen LogP contribution < -0.4 is 0 Å². The van der Waals surface area contributed by atoms with Gasteiger partial charge in [-0.05, 0) is 34.1 Å². The molecule has 0 aromatic heterocycles. The van der Waals surface area contributed by atoms with Crippen molar-refractivity contribution < 1.29 is 33.3 Å². The highest BCUT2D eigenvalue weighted by Crippen LogP contribution is 2.43. The number of esters is 2. The fraction of sp³-hybridized carbons (Fsp3) is 0.867. The van der Waals surface area contributed by atoms with Crippen molar-refractivity contribution in [3.63, 3.8) is 0 Å². The quantitative estimate of drug-likeness (QED) is 0.722. The van der Waals surface area contributed by atoms with E-state index in [1.807, 2.05) is 6.92 Å². The molecule has 3 aliphatic rings. The van der Waals surface area contributed by atoms with Crippen LogP contribution in [0.25, 0.3) is 0 Å². The number of hydrogen-bond acceptors (Lipinski definition) is 7. The molecule has 22 heavy (non-hydrogen) atoms. The summed E-state index contributed by atoms with van der Waals surface area (Å²) in [6.07, 6.45) is -2.86. The molecule has 0 N–H and O–H groups in total. The smallest absolute Gasteiger partial charge is 0.350 e. The Bertz CT molecular complexity index is 498. The lowest BCUT2D eigenvalue weighted by atomic mass is 9.90. The topological polar surface area (TPSA) is 80.3 Å². The second-order valence-corrected chi connectivity index (χ2v) is 7.03. The number of rotatable bonds is 3. The van der Waals surface area contributed by atoms with Gasteiger partial charge in [-0.1, -0.05) is 6.92 Å². The zero-order valence-corrected chi connectivity index (χ0v) is 13.5. The molecule has 0 aromatic rings. The van der Waals surface area contributed by atoms with E-state index in [9.17, 15) is 9.59 Å². The molecule has 0 aliphatic carbocycles. The molecule has 0 bridgehead atoms. The predicted molar refractivity (Wildman–Crippen MR) is 72.5 cm³/mol. The van der Waals surface area contributed by atoms with E-state index in [1.165, 1.54) is 0 Å². The van der Waals surface area contributed by atoms with Gasteiger partial charge in [-0.2, -0.15) is 0 Å². The van der Waals surface area contributed by atoms with E-state index >= 15 is 0 Å². The van der Waals surface area contributed by atoms with Gasteiger partial charge in [0, 0.05) is 0 Å². The van der Waals surface area contributed by atoms with Gasteiger partial charge in [0.2, 0.25) is 6.10 Å². The standard InChI is InChI=1S/C15H22O7/c1-6-14(2,3)13(17)20-9-7-8(18-11(9)16)10-12(19-7)22-15(4,5)21-10/h7-10,12H,6H2,1-5H3/t7-,8-,9-,10?,12?/m0/s1. The van der Waals surface area contributed by atoms with Crippen LogP contribution in [-0.2, 0) is 33.3 Å². The van der Waals surface area contributed by atoms with Crippen molar-refractivity contribution in [3.8, 4) is 0 Å². The summed E-state index contributed by atoms with van der Waals surface area (Å²) >= 11 is 0. The summed E-state index contributed by atoms with van der Waals surface area (Å²) in [7, 11) is 0. The first-order valence-electron chi connectivity index (χ1n) is 7.57. The third-order valence-corrected chi connectivity index (χ3v) is 4.48. The van der Waals surface area contributed by atoms with Gasteiger partial charge in [-0.3, -0.25) is 4.79 Å². The van der Waals surface area contributed by atoms with Crippen LogP contribution in [0.2, 0.25) is 0 Å². The third-order valence-electron chi connectivity index (χ3n) is 4.48. The molecule has 2 unspecified atom stereocenters. The number of ether oxygens (including phenoxy) is 5. The fourth-order valence-corrected chi connectivity index (χ4v) is 2.75. The second-order valence-electron chi connectivity index (χ2n) is 7.03. The van der Waals surface area contributed by atoms with Crippen LogP contribution in [0.1, 0.15) is 41.0 Å². The monoisotopic (exact) mass is 314 g/mol. The van der Waals surface area contributed by atoms with Gasteiger partial charge in [-0.25, -0.2) is 4.79 Å². The maximum atomic E-state index is 12.2. The summed E-state index contributed by atoms with van der Waals surface area (Å²) in [5, 5.41) is 0. The maximum absolute atomic E-state index is 12.2. The van der Waals surface area contributed by atoms with Gasteiger partial charge in [0.05, 0.1) is 5.41 Å². The molecule has 7 nitrogen and oxygen atoms in total. The van der Waals surface area contributed by atoms with Crippen LogP contribution in [-0.4, -0.2) is 48.4 Å². The maximum Gasteiger partial charge on any atom is 0.350 e. The van der Waals surface area contributed by atoms with Crippen molar-refractivity contribution in [2.24, 2.45) is 5.41 Å². The zero-order chi connectivity index (χ0) is 16.3. The van der Waals surface area contributed by atoms with E-state index in [-0.39, 0.29) is 0 Å². The van der Waals surface area contributed by atoms with Crippen LogP contribution in [0.5, 0.6) is 0 Å². The molecule has 5 atom stereocenters.